The second-order valence-electron chi connectivity index (χ2n) is 7.10. The minimum Gasteiger partial charge on any atom is -0.467 e. The summed E-state index contributed by atoms with van der Waals surface area (Å²) in [6, 6.07) is 13.0. The van der Waals surface area contributed by atoms with E-state index < -0.39 is 0 Å². The SMILES string of the molecule is CC(C)(CNC(=O)NC(c1ccccc1)c1ccco1)N1CCOCC1. The summed E-state index contributed by atoms with van der Waals surface area (Å²) in [4.78, 5) is 14.9. The van der Waals surface area contributed by atoms with Gasteiger partial charge in [0.25, 0.3) is 0 Å². The number of hydrogen-bond acceptors (Lipinski definition) is 4. The Bertz CT molecular complexity index is 680. The predicted octanol–water partition coefficient (Wildman–Crippen LogP) is 2.78. The van der Waals surface area contributed by atoms with E-state index in [-0.39, 0.29) is 17.6 Å². The molecule has 1 atom stereocenters. The molecule has 6 nitrogen and oxygen atoms in total. The zero-order valence-corrected chi connectivity index (χ0v) is 15.4. The molecule has 3 rings (SSSR count). The molecular formula is C20H27N3O3. The monoisotopic (exact) mass is 357 g/mol. The van der Waals surface area contributed by atoms with Crippen LogP contribution in [0.4, 0.5) is 4.79 Å². The number of carbonyl (C=O) groups excluding carboxylic acids is 1. The maximum Gasteiger partial charge on any atom is 0.315 e. The molecule has 1 saturated heterocycles. The lowest BCUT2D eigenvalue weighted by molar-refractivity contribution is -0.00876. The molecule has 0 bridgehead atoms. The van der Waals surface area contributed by atoms with E-state index in [2.05, 4.69) is 29.4 Å². The van der Waals surface area contributed by atoms with Crippen molar-refractivity contribution in [3.8, 4) is 0 Å². The van der Waals surface area contributed by atoms with Gasteiger partial charge in [-0.15, -0.1) is 0 Å². The van der Waals surface area contributed by atoms with Crippen LogP contribution in [0.2, 0.25) is 0 Å². The average Bonchev–Trinajstić information content (AvgIpc) is 3.20. The van der Waals surface area contributed by atoms with E-state index in [1.54, 1.807) is 6.26 Å². The molecule has 2 heterocycles. The lowest BCUT2D eigenvalue weighted by Crippen LogP contribution is -2.56. The summed E-state index contributed by atoms with van der Waals surface area (Å²) >= 11 is 0. The van der Waals surface area contributed by atoms with Gasteiger partial charge in [-0.2, -0.15) is 0 Å². The molecule has 1 aliphatic rings. The number of benzene rings is 1. The van der Waals surface area contributed by atoms with Crippen LogP contribution >= 0.6 is 0 Å². The Morgan fingerprint density at radius 3 is 2.54 bits per heavy atom. The number of hydrogen-bond donors (Lipinski definition) is 2. The molecule has 0 saturated carbocycles. The molecular weight excluding hydrogens is 330 g/mol. The van der Waals surface area contributed by atoms with Gasteiger partial charge in [0.05, 0.1) is 19.5 Å². The highest BCUT2D eigenvalue weighted by Crippen LogP contribution is 2.22. The number of carbonyl (C=O) groups is 1. The summed E-state index contributed by atoms with van der Waals surface area (Å²) in [7, 11) is 0. The van der Waals surface area contributed by atoms with Gasteiger partial charge in [0.2, 0.25) is 0 Å². The van der Waals surface area contributed by atoms with Gasteiger partial charge in [-0.05, 0) is 31.5 Å². The number of urea groups is 1. The van der Waals surface area contributed by atoms with Crippen LogP contribution in [-0.2, 0) is 4.74 Å². The van der Waals surface area contributed by atoms with Gasteiger partial charge in [0.1, 0.15) is 11.8 Å². The largest absolute Gasteiger partial charge is 0.467 e. The third-order valence-corrected chi connectivity index (χ3v) is 4.78. The van der Waals surface area contributed by atoms with E-state index in [4.69, 9.17) is 9.15 Å². The molecule has 26 heavy (non-hydrogen) atoms. The zero-order valence-electron chi connectivity index (χ0n) is 15.4. The molecule has 2 amide bonds. The number of furan rings is 1. The minimum absolute atomic E-state index is 0.131. The first-order valence-electron chi connectivity index (χ1n) is 9.02. The molecule has 6 heteroatoms. The maximum absolute atomic E-state index is 12.5. The zero-order chi connectivity index (χ0) is 18.4. The lowest BCUT2D eigenvalue weighted by atomic mass is 10.0. The van der Waals surface area contributed by atoms with Crippen molar-refractivity contribution in [3.63, 3.8) is 0 Å². The topological polar surface area (TPSA) is 66.7 Å². The molecule has 2 N–H and O–H groups in total. The standard InChI is InChI=1S/C20H27N3O3/c1-20(2,23-10-13-25-14-11-23)15-21-19(24)22-18(17-9-6-12-26-17)16-7-4-3-5-8-16/h3-9,12,18H,10-11,13-15H2,1-2H3,(H2,21,22,24). The van der Waals surface area contributed by atoms with Gasteiger partial charge in [0.15, 0.2) is 0 Å². The van der Waals surface area contributed by atoms with Crippen LogP contribution in [0, 0.1) is 0 Å². The number of morpholine rings is 1. The molecule has 0 spiro atoms. The molecule has 0 radical (unpaired) electrons. The van der Waals surface area contributed by atoms with E-state index in [0.29, 0.717) is 12.3 Å². The van der Waals surface area contributed by atoms with Crippen LogP contribution in [0.15, 0.2) is 53.1 Å². The van der Waals surface area contributed by atoms with Crippen LogP contribution in [0.1, 0.15) is 31.2 Å². The van der Waals surface area contributed by atoms with Crippen molar-refractivity contribution >= 4 is 6.03 Å². The summed E-state index contributed by atoms with van der Waals surface area (Å²) < 4.78 is 10.9. The Balaban J connectivity index is 1.61. The van der Waals surface area contributed by atoms with Gasteiger partial charge in [-0.25, -0.2) is 4.79 Å². The fraction of sp³-hybridized carbons (Fsp3) is 0.450. The second-order valence-corrected chi connectivity index (χ2v) is 7.10. The first kappa shape index (κ1) is 18.5. The Morgan fingerprint density at radius 1 is 1.15 bits per heavy atom. The fourth-order valence-corrected chi connectivity index (χ4v) is 3.18. The third kappa shape index (κ3) is 4.65. The Kier molecular flexibility index (Phi) is 5.96. The highest BCUT2D eigenvalue weighted by atomic mass is 16.5. The molecule has 1 aliphatic heterocycles. The summed E-state index contributed by atoms with van der Waals surface area (Å²) in [5, 5.41) is 6.03. The number of amides is 2. The predicted molar refractivity (Wildman–Crippen MR) is 100.0 cm³/mol. The van der Waals surface area contributed by atoms with Crippen molar-refractivity contribution in [2.45, 2.75) is 25.4 Å². The molecule has 0 aliphatic carbocycles. The number of ether oxygens (including phenoxy) is 1. The van der Waals surface area contributed by atoms with Crippen molar-refractivity contribution in [2.75, 3.05) is 32.8 Å². The van der Waals surface area contributed by atoms with Crippen LogP contribution in [0.3, 0.4) is 0 Å². The minimum atomic E-state index is -0.322. The molecule has 1 unspecified atom stereocenters. The van der Waals surface area contributed by atoms with Crippen LogP contribution < -0.4 is 10.6 Å². The van der Waals surface area contributed by atoms with Crippen LogP contribution in [0.25, 0.3) is 0 Å². The van der Waals surface area contributed by atoms with Crippen molar-refractivity contribution in [1.29, 1.82) is 0 Å². The summed E-state index contributed by atoms with van der Waals surface area (Å²) in [6.07, 6.45) is 1.62. The van der Waals surface area contributed by atoms with Crippen LogP contribution in [-0.4, -0.2) is 49.3 Å². The van der Waals surface area contributed by atoms with Crippen LogP contribution in [0.5, 0.6) is 0 Å². The first-order chi connectivity index (χ1) is 12.6. The maximum atomic E-state index is 12.5. The first-order valence-corrected chi connectivity index (χ1v) is 9.02. The normalized spacial score (nSPS) is 16.8. The molecule has 1 fully saturated rings. The number of nitrogens with zero attached hydrogens (tertiary/aromatic N) is 1. The quantitative estimate of drug-likeness (QED) is 0.834. The molecule has 1 aromatic heterocycles. The Labute approximate surface area is 154 Å². The van der Waals surface area contributed by atoms with Gasteiger partial charge < -0.3 is 19.8 Å². The van der Waals surface area contributed by atoms with E-state index in [0.717, 1.165) is 31.9 Å². The fourth-order valence-electron chi connectivity index (χ4n) is 3.18. The van der Waals surface area contributed by atoms with Crippen molar-refractivity contribution in [1.82, 2.24) is 15.5 Å². The summed E-state index contributed by atoms with van der Waals surface area (Å²) in [5.74, 6) is 0.707. The summed E-state index contributed by atoms with van der Waals surface area (Å²) in [6.45, 7) is 8.08. The van der Waals surface area contributed by atoms with Gasteiger partial charge in [-0.1, -0.05) is 30.3 Å². The van der Waals surface area contributed by atoms with Gasteiger partial charge in [0, 0.05) is 25.2 Å². The van der Waals surface area contributed by atoms with E-state index in [1.165, 1.54) is 0 Å². The smallest absolute Gasteiger partial charge is 0.315 e. The van der Waals surface area contributed by atoms with Gasteiger partial charge >= 0.3 is 6.03 Å². The van der Waals surface area contributed by atoms with Gasteiger partial charge in [-0.3, -0.25) is 4.90 Å². The Hall–Kier alpha value is -2.31. The van der Waals surface area contributed by atoms with Crippen molar-refractivity contribution in [3.05, 3.63) is 60.1 Å². The molecule has 2 aromatic rings. The van der Waals surface area contributed by atoms with E-state index >= 15 is 0 Å². The lowest BCUT2D eigenvalue weighted by Gasteiger charge is -2.40. The highest BCUT2D eigenvalue weighted by Gasteiger charge is 2.29. The highest BCUT2D eigenvalue weighted by molar-refractivity contribution is 5.75. The number of rotatable bonds is 6. The van der Waals surface area contributed by atoms with E-state index in [1.807, 2.05) is 42.5 Å². The Morgan fingerprint density at radius 2 is 1.88 bits per heavy atom. The van der Waals surface area contributed by atoms with Crippen molar-refractivity contribution in [2.24, 2.45) is 0 Å². The third-order valence-electron chi connectivity index (χ3n) is 4.78. The van der Waals surface area contributed by atoms with E-state index in [9.17, 15) is 4.79 Å². The van der Waals surface area contributed by atoms with Crippen molar-refractivity contribution < 1.29 is 13.9 Å². The molecule has 1 aromatic carbocycles. The summed E-state index contributed by atoms with van der Waals surface area (Å²) in [5.41, 5.74) is 0.846. The average molecular weight is 357 g/mol. The molecule has 140 valence electrons. The second kappa shape index (κ2) is 8.38. The number of nitrogens with one attached hydrogen (secondary N) is 2.